The van der Waals surface area contributed by atoms with E-state index < -0.39 is 10.0 Å². The minimum atomic E-state index is -3.53. The van der Waals surface area contributed by atoms with Gasteiger partial charge in [0.15, 0.2) is 0 Å². The van der Waals surface area contributed by atoms with Gasteiger partial charge >= 0.3 is 0 Å². The van der Waals surface area contributed by atoms with Crippen LogP contribution in [0.1, 0.15) is 61.2 Å². The Bertz CT molecular complexity index is 803. The van der Waals surface area contributed by atoms with Crippen LogP contribution in [-0.4, -0.2) is 24.4 Å². The van der Waals surface area contributed by atoms with Crippen molar-refractivity contribution < 1.29 is 12.9 Å². The number of nitrogens with zero attached hydrogens (tertiary/aromatic N) is 2. The maximum atomic E-state index is 13.1. The number of hydrogen-bond donors (Lipinski definition) is 0. The Kier molecular flexibility index (Phi) is 4.53. The largest absolute Gasteiger partial charge is 0.361 e. The molecule has 0 N–H and O–H groups in total. The first-order chi connectivity index (χ1) is 11.3. The molecule has 3 rings (SSSR count). The van der Waals surface area contributed by atoms with Gasteiger partial charge in [-0.1, -0.05) is 31.1 Å². The van der Waals surface area contributed by atoms with E-state index >= 15 is 0 Å². The Hall–Kier alpha value is -1.66. The molecule has 2 aromatic rings. The Morgan fingerprint density at radius 2 is 1.88 bits per heavy atom. The average Bonchev–Trinajstić information content (AvgIpc) is 3.14. The molecule has 1 aliphatic rings. The highest BCUT2D eigenvalue weighted by atomic mass is 32.2. The predicted octanol–water partition coefficient (Wildman–Crippen LogP) is 3.94. The Morgan fingerprint density at radius 1 is 1.21 bits per heavy atom. The third-order valence-electron chi connectivity index (χ3n) is 4.78. The molecule has 1 saturated heterocycles. The van der Waals surface area contributed by atoms with Gasteiger partial charge in [-0.15, -0.1) is 0 Å². The van der Waals surface area contributed by atoms with E-state index in [0.717, 1.165) is 29.7 Å². The molecule has 0 radical (unpaired) electrons. The molecule has 0 unspecified atom stereocenters. The van der Waals surface area contributed by atoms with Crippen molar-refractivity contribution in [3.8, 4) is 0 Å². The summed E-state index contributed by atoms with van der Waals surface area (Å²) in [5, 5.41) is 3.98. The SMILES string of the molecule is Cc1noc(C)c1[C@H]1CCCN1S(=O)(=O)c1ccc(C(C)C)cc1. The summed E-state index contributed by atoms with van der Waals surface area (Å²) in [6, 6.07) is 7.05. The highest BCUT2D eigenvalue weighted by Gasteiger charge is 2.38. The number of aryl methyl sites for hydroxylation is 2. The van der Waals surface area contributed by atoms with Crippen LogP contribution in [0.25, 0.3) is 0 Å². The maximum Gasteiger partial charge on any atom is 0.243 e. The molecule has 0 spiro atoms. The van der Waals surface area contributed by atoms with E-state index in [0.29, 0.717) is 23.1 Å². The van der Waals surface area contributed by atoms with Gasteiger partial charge in [-0.2, -0.15) is 4.31 Å². The van der Waals surface area contributed by atoms with E-state index in [4.69, 9.17) is 4.52 Å². The number of rotatable bonds is 4. The summed E-state index contributed by atoms with van der Waals surface area (Å²) in [6.07, 6.45) is 1.64. The molecule has 6 heteroatoms. The van der Waals surface area contributed by atoms with Gasteiger partial charge in [-0.25, -0.2) is 8.42 Å². The lowest BCUT2D eigenvalue weighted by molar-refractivity contribution is 0.376. The summed E-state index contributed by atoms with van der Waals surface area (Å²) in [4.78, 5) is 0.352. The molecule has 1 fully saturated rings. The van der Waals surface area contributed by atoms with Gasteiger partial charge in [-0.05, 0) is 50.3 Å². The van der Waals surface area contributed by atoms with E-state index in [-0.39, 0.29) is 6.04 Å². The van der Waals surface area contributed by atoms with Gasteiger partial charge < -0.3 is 4.52 Å². The minimum Gasteiger partial charge on any atom is -0.361 e. The Balaban J connectivity index is 1.96. The molecule has 1 aromatic carbocycles. The smallest absolute Gasteiger partial charge is 0.243 e. The first-order valence-electron chi connectivity index (χ1n) is 8.37. The summed E-state index contributed by atoms with van der Waals surface area (Å²) < 4.78 is 33.1. The molecule has 5 nitrogen and oxygen atoms in total. The fourth-order valence-electron chi connectivity index (χ4n) is 3.44. The fraction of sp³-hybridized carbons (Fsp3) is 0.500. The second kappa shape index (κ2) is 6.33. The van der Waals surface area contributed by atoms with E-state index in [1.165, 1.54) is 0 Å². The molecule has 0 saturated carbocycles. The van der Waals surface area contributed by atoms with Crippen LogP contribution in [0.5, 0.6) is 0 Å². The Labute approximate surface area is 143 Å². The number of benzene rings is 1. The second-order valence-corrected chi connectivity index (χ2v) is 8.63. The molecule has 130 valence electrons. The van der Waals surface area contributed by atoms with Gasteiger partial charge in [-0.3, -0.25) is 0 Å². The van der Waals surface area contributed by atoms with Crippen molar-refractivity contribution in [2.75, 3.05) is 6.54 Å². The lowest BCUT2D eigenvalue weighted by Crippen LogP contribution is -2.31. The van der Waals surface area contributed by atoms with Crippen LogP contribution in [0.2, 0.25) is 0 Å². The summed E-state index contributed by atoms with van der Waals surface area (Å²) in [6.45, 7) is 8.43. The monoisotopic (exact) mass is 348 g/mol. The van der Waals surface area contributed by atoms with Crippen LogP contribution in [0, 0.1) is 13.8 Å². The van der Waals surface area contributed by atoms with Crippen molar-refractivity contribution in [2.24, 2.45) is 0 Å². The van der Waals surface area contributed by atoms with Gasteiger partial charge in [0.25, 0.3) is 0 Å². The summed E-state index contributed by atoms with van der Waals surface area (Å²) in [5.74, 6) is 1.08. The molecule has 0 aliphatic carbocycles. The lowest BCUT2D eigenvalue weighted by atomic mass is 10.0. The fourth-order valence-corrected chi connectivity index (χ4v) is 5.11. The van der Waals surface area contributed by atoms with E-state index in [1.54, 1.807) is 16.4 Å². The zero-order valence-electron chi connectivity index (χ0n) is 14.6. The predicted molar refractivity (Wildman–Crippen MR) is 92.4 cm³/mol. The van der Waals surface area contributed by atoms with Gasteiger partial charge in [0.1, 0.15) is 5.76 Å². The second-order valence-electron chi connectivity index (χ2n) is 6.74. The van der Waals surface area contributed by atoms with Crippen LogP contribution in [-0.2, 0) is 10.0 Å². The summed E-state index contributed by atoms with van der Waals surface area (Å²) in [7, 11) is -3.53. The van der Waals surface area contributed by atoms with Crippen LogP contribution < -0.4 is 0 Å². The molecular weight excluding hydrogens is 324 g/mol. The first kappa shape index (κ1) is 17.2. The zero-order chi connectivity index (χ0) is 17.5. The minimum absolute atomic E-state index is 0.189. The van der Waals surface area contributed by atoms with Crippen molar-refractivity contribution >= 4 is 10.0 Å². The van der Waals surface area contributed by atoms with Crippen LogP contribution in [0.4, 0.5) is 0 Å². The lowest BCUT2D eigenvalue weighted by Gasteiger charge is -2.24. The van der Waals surface area contributed by atoms with Crippen molar-refractivity contribution in [2.45, 2.75) is 57.4 Å². The van der Waals surface area contributed by atoms with Gasteiger partial charge in [0.05, 0.1) is 16.6 Å². The molecule has 0 bridgehead atoms. The van der Waals surface area contributed by atoms with Crippen molar-refractivity contribution in [1.29, 1.82) is 0 Å². The summed E-state index contributed by atoms with van der Waals surface area (Å²) in [5.41, 5.74) is 2.82. The van der Waals surface area contributed by atoms with Crippen LogP contribution in [0.3, 0.4) is 0 Å². The molecular formula is C18H24N2O3S. The van der Waals surface area contributed by atoms with Crippen LogP contribution in [0.15, 0.2) is 33.7 Å². The standard InChI is InChI=1S/C18H24N2O3S/c1-12(2)15-7-9-16(10-8-15)24(21,22)20-11-5-6-17(20)18-13(3)19-23-14(18)4/h7-10,12,17H,5-6,11H2,1-4H3/t17-/m1/s1. The third kappa shape index (κ3) is 2.89. The first-order valence-corrected chi connectivity index (χ1v) is 9.81. The Morgan fingerprint density at radius 3 is 2.42 bits per heavy atom. The molecule has 2 heterocycles. The quantitative estimate of drug-likeness (QED) is 0.839. The molecule has 24 heavy (non-hydrogen) atoms. The zero-order valence-corrected chi connectivity index (χ0v) is 15.4. The van der Waals surface area contributed by atoms with Crippen molar-refractivity contribution in [3.63, 3.8) is 0 Å². The maximum absolute atomic E-state index is 13.1. The molecule has 1 atom stereocenters. The number of aromatic nitrogens is 1. The average molecular weight is 348 g/mol. The van der Waals surface area contributed by atoms with Crippen molar-refractivity contribution in [3.05, 3.63) is 46.8 Å². The third-order valence-corrected chi connectivity index (χ3v) is 6.70. The van der Waals surface area contributed by atoms with Gasteiger partial charge in [0.2, 0.25) is 10.0 Å². The topological polar surface area (TPSA) is 63.4 Å². The van der Waals surface area contributed by atoms with Crippen molar-refractivity contribution in [1.82, 2.24) is 9.46 Å². The number of hydrogen-bond acceptors (Lipinski definition) is 4. The normalized spacial score (nSPS) is 19.3. The molecule has 1 aromatic heterocycles. The van der Waals surface area contributed by atoms with E-state index in [9.17, 15) is 8.42 Å². The highest BCUT2D eigenvalue weighted by molar-refractivity contribution is 7.89. The van der Waals surface area contributed by atoms with E-state index in [2.05, 4.69) is 19.0 Å². The molecule has 0 amide bonds. The molecule has 1 aliphatic heterocycles. The van der Waals surface area contributed by atoms with Crippen LogP contribution >= 0.6 is 0 Å². The number of sulfonamides is 1. The van der Waals surface area contributed by atoms with Gasteiger partial charge in [0, 0.05) is 12.1 Å². The summed E-state index contributed by atoms with van der Waals surface area (Å²) >= 11 is 0. The van der Waals surface area contributed by atoms with E-state index in [1.807, 2.05) is 26.0 Å². The highest BCUT2D eigenvalue weighted by Crippen LogP contribution is 2.39.